The normalized spacial score (nSPS) is 11.8. The van der Waals surface area contributed by atoms with Gasteiger partial charge >= 0.3 is 11.7 Å². The maximum Gasteiger partial charge on any atom is 0.330 e. The molecule has 3 aromatic rings. The number of ether oxygens (including phenoxy) is 1. The molecule has 0 radical (unpaired) electrons. The molecule has 0 aliphatic carbocycles. The van der Waals surface area contributed by atoms with Crippen LogP contribution >= 0.6 is 0 Å². The fourth-order valence-corrected chi connectivity index (χ4v) is 3.61. The molecule has 0 saturated carbocycles. The molecule has 8 nitrogen and oxygen atoms in total. The largest absolute Gasteiger partial charge is 0.457 e. The van der Waals surface area contributed by atoms with E-state index < -0.39 is 22.6 Å². The molecule has 0 unspecified atom stereocenters. The lowest BCUT2D eigenvalue weighted by Crippen LogP contribution is -2.31. The lowest BCUT2D eigenvalue weighted by Gasteiger charge is -2.23. The zero-order valence-corrected chi connectivity index (χ0v) is 18.9. The second kappa shape index (κ2) is 9.50. The number of rotatable bonds is 9. The lowest BCUT2D eigenvalue weighted by molar-refractivity contribution is -0.151. The third-order valence-corrected chi connectivity index (χ3v) is 5.56. The van der Waals surface area contributed by atoms with Crippen LogP contribution in [0.3, 0.4) is 0 Å². The van der Waals surface area contributed by atoms with Crippen molar-refractivity contribution in [2.24, 2.45) is 0 Å². The first kappa shape index (κ1) is 23.4. The first-order chi connectivity index (χ1) is 15.2. The Hall–Kier alpha value is -3.23. The van der Waals surface area contributed by atoms with Gasteiger partial charge in [0.1, 0.15) is 18.2 Å². The molecular weight excluding hydrogens is 415 g/mol. The van der Waals surface area contributed by atoms with Gasteiger partial charge in [0.2, 0.25) is 0 Å². The molecular formula is C23H29FN4O4. The Kier molecular flexibility index (Phi) is 6.96. The number of nitrogens with one attached hydrogen (secondary N) is 1. The average Bonchev–Trinajstić information content (AvgIpc) is 3.11. The van der Waals surface area contributed by atoms with Crippen LogP contribution in [0.4, 0.5) is 4.39 Å². The highest BCUT2D eigenvalue weighted by Crippen LogP contribution is 2.26. The fraction of sp³-hybridized carbons (Fsp3) is 0.478. The number of H-pyrrole nitrogens is 1. The summed E-state index contributed by atoms with van der Waals surface area (Å²) in [5.41, 5.74) is -0.802. The molecule has 2 heterocycles. The van der Waals surface area contributed by atoms with E-state index in [1.54, 1.807) is 30.5 Å². The van der Waals surface area contributed by atoms with Crippen LogP contribution in [0.2, 0.25) is 0 Å². The summed E-state index contributed by atoms with van der Waals surface area (Å²) in [4.78, 5) is 44.7. The predicted molar refractivity (Wildman–Crippen MR) is 119 cm³/mol. The number of imidazole rings is 1. The number of nitrogens with zero attached hydrogens (tertiary/aromatic N) is 3. The highest BCUT2D eigenvalue weighted by Gasteiger charge is 2.32. The number of hydrogen-bond donors (Lipinski definition) is 1. The molecule has 0 spiro atoms. The number of aryl methyl sites for hydroxylation is 2. The first-order valence-electron chi connectivity index (χ1n) is 10.9. The molecule has 0 bridgehead atoms. The van der Waals surface area contributed by atoms with Gasteiger partial charge in [0.05, 0.1) is 5.41 Å². The van der Waals surface area contributed by atoms with Crippen LogP contribution in [0.5, 0.6) is 0 Å². The molecule has 0 fully saturated rings. The maximum atomic E-state index is 13.3. The summed E-state index contributed by atoms with van der Waals surface area (Å²) in [5.74, 6) is -0.492. The molecule has 0 aliphatic heterocycles. The van der Waals surface area contributed by atoms with Crippen molar-refractivity contribution in [1.82, 2.24) is 19.1 Å². The van der Waals surface area contributed by atoms with Gasteiger partial charge < -0.3 is 9.30 Å². The van der Waals surface area contributed by atoms with E-state index in [1.807, 2.05) is 13.8 Å². The van der Waals surface area contributed by atoms with Gasteiger partial charge in [0.15, 0.2) is 11.2 Å². The highest BCUT2D eigenvalue weighted by molar-refractivity contribution is 5.82. The number of carbonyl (C=O) groups excluding carboxylic acids is 1. The zero-order valence-electron chi connectivity index (χ0n) is 18.9. The van der Waals surface area contributed by atoms with E-state index in [9.17, 15) is 18.8 Å². The Morgan fingerprint density at radius 1 is 1.09 bits per heavy atom. The highest BCUT2D eigenvalue weighted by atomic mass is 19.1. The molecule has 9 heteroatoms. The summed E-state index contributed by atoms with van der Waals surface area (Å²) in [5, 5.41) is 0. The predicted octanol–water partition coefficient (Wildman–Crippen LogP) is 3.26. The van der Waals surface area contributed by atoms with E-state index in [0.717, 1.165) is 19.3 Å². The molecule has 0 amide bonds. The minimum atomic E-state index is -1.00. The monoisotopic (exact) mass is 444 g/mol. The minimum Gasteiger partial charge on any atom is -0.457 e. The Balaban J connectivity index is 1.96. The maximum absolute atomic E-state index is 13.3. The standard InChI is InChI=1S/C23H29FN4O4/c1-5-7-13-28-19-18(20(29)26-22(28)31)27(12-6-2)17(25-19)14-32-21(30)23(3,4)15-8-10-16(24)11-9-15/h8-11H,5-7,12-14H2,1-4H3,(H,26,29,31). The van der Waals surface area contributed by atoms with E-state index in [2.05, 4.69) is 9.97 Å². The van der Waals surface area contributed by atoms with E-state index in [0.29, 0.717) is 35.6 Å². The number of fused-ring (bicyclic) bond motifs is 1. The summed E-state index contributed by atoms with van der Waals surface area (Å²) in [6.45, 7) is 8.13. The van der Waals surface area contributed by atoms with Crippen molar-refractivity contribution in [3.8, 4) is 0 Å². The van der Waals surface area contributed by atoms with E-state index in [4.69, 9.17) is 4.74 Å². The number of unbranched alkanes of at least 4 members (excludes halogenated alkanes) is 1. The lowest BCUT2D eigenvalue weighted by atomic mass is 9.85. The van der Waals surface area contributed by atoms with Gasteiger partial charge in [-0.2, -0.15) is 0 Å². The van der Waals surface area contributed by atoms with Crippen LogP contribution < -0.4 is 11.2 Å². The van der Waals surface area contributed by atoms with Crippen molar-refractivity contribution in [2.45, 2.75) is 72.1 Å². The number of carbonyl (C=O) groups is 1. The average molecular weight is 445 g/mol. The van der Waals surface area contributed by atoms with Crippen LogP contribution in [-0.4, -0.2) is 25.1 Å². The number of aromatic nitrogens is 4. The molecule has 3 rings (SSSR count). The van der Waals surface area contributed by atoms with Gasteiger partial charge in [-0.05, 0) is 44.4 Å². The topological polar surface area (TPSA) is 99.0 Å². The van der Waals surface area contributed by atoms with E-state index >= 15 is 0 Å². The van der Waals surface area contributed by atoms with Gasteiger partial charge in [-0.3, -0.25) is 19.1 Å². The van der Waals surface area contributed by atoms with Crippen molar-refractivity contribution < 1.29 is 13.9 Å². The number of esters is 1. The first-order valence-corrected chi connectivity index (χ1v) is 10.9. The molecule has 172 valence electrons. The van der Waals surface area contributed by atoms with Gasteiger partial charge in [-0.25, -0.2) is 14.2 Å². The van der Waals surface area contributed by atoms with Crippen molar-refractivity contribution >= 4 is 17.1 Å². The Morgan fingerprint density at radius 3 is 2.41 bits per heavy atom. The molecule has 0 saturated heterocycles. The third-order valence-electron chi connectivity index (χ3n) is 5.56. The smallest absolute Gasteiger partial charge is 0.330 e. The summed E-state index contributed by atoms with van der Waals surface area (Å²) in [6.07, 6.45) is 2.37. The van der Waals surface area contributed by atoms with Crippen molar-refractivity contribution in [1.29, 1.82) is 0 Å². The summed E-state index contributed by atoms with van der Waals surface area (Å²) < 4.78 is 22.0. The van der Waals surface area contributed by atoms with Crippen LogP contribution in [0.1, 0.15) is 58.3 Å². The second-order valence-electron chi connectivity index (χ2n) is 8.32. The van der Waals surface area contributed by atoms with E-state index in [1.165, 1.54) is 16.7 Å². The second-order valence-corrected chi connectivity index (χ2v) is 8.32. The molecule has 0 atom stereocenters. The molecule has 32 heavy (non-hydrogen) atoms. The van der Waals surface area contributed by atoms with Crippen molar-refractivity contribution in [3.05, 3.63) is 62.3 Å². The summed E-state index contributed by atoms with van der Waals surface area (Å²) in [6, 6.07) is 5.70. The minimum absolute atomic E-state index is 0.153. The van der Waals surface area contributed by atoms with E-state index in [-0.39, 0.29) is 12.4 Å². The van der Waals surface area contributed by atoms with Crippen LogP contribution in [-0.2, 0) is 34.6 Å². The van der Waals surface area contributed by atoms with Gasteiger partial charge in [0.25, 0.3) is 5.56 Å². The van der Waals surface area contributed by atoms with Crippen LogP contribution in [0, 0.1) is 5.82 Å². The Bertz CT molecular complexity index is 1220. The van der Waals surface area contributed by atoms with Gasteiger partial charge in [-0.15, -0.1) is 0 Å². The molecule has 2 aromatic heterocycles. The third kappa shape index (κ3) is 4.51. The quantitative estimate of drug-likeness (QED) is 0.511. The van der Waals surface area contributed by atoms with Crippen LogP contribution in [0.25, 0.3) is 11.2 Å². The molecule has 0 aliphatic rings. The van der Waals surface area contributed by atoms with Crippen LogP contribution in [0.15, 0.2) is 33.9 Å². The molecule has 1 aromatic carbocycles. The Morgan fingerprint density at radius 2 is 1.78 bits per heavy atom. The summed E-state index contributed by atoms with van der Waals surface area (Å²) >= 11 is 0. The fourth-order valence-electron chi connectivity index (χ4n) is 3.61. The zero-order chi connectivity index (χ0) is 23.5. The summed E-state index contributed by atoms with van der Waals surface area (Å²) in [7, 11) is 0. The van der Waals surface area contributed by atoms with Crippen molar-refractivity contribution in [2.75, 3.05) is 0 Å². The number of hydrogen-bond acceptors (Lipinski definition) is 5. The molecule has 1 N–H and O–H groups in total. The Labute approximate surface area is 185 Å². The van der Waals surface area contributed by atoms with Gasteiger partial charge in [0, 0.05) is 13.1 Å². The number of halogens is 1. The number of benzene rings is 1. The SMILES string of the molecule is CCCCn1c(=O)[nH]c(=O)c2c1nc(COC(=O)C(C)(C)c1ccc(F)cc1)n2CCC. The van der Waals surface area contributed by atoms with Gasteiger partial charge in [-0.1, -0.05) is 32.4 Å². The van der Waals surface area contributed by atoms with Crippen molar-refractivity contribution in [3.63, 3.8) is 0 Å². The number of aromatic amines is 1.